The first kappa shape index (κ1) is 16.9. The number of hydrogen-bond acceptors (Lipinski definition) is 4. The van der Waals surface area contributed by atoms with Gasteiger partial charge in [-0.15, -0.1) is 0 Å². The van der Waals surface area contributed by atoms with Gasteiger partial charge in [-0.25, -0.2) is 0 Å². The van der Waals surface area contributed by atoms with Gasteiger partial charge in [-0.3, -0.25) is 9.58 Å². The molecule has 0 aliphatic carbocycles. The number of morpholine rings is 1. The molecule has 1 saturated heterocycles. The summed E-state index contributed by atoms with van der Waals surface area (Å²) < 4.78 is 9.01. The Kier molecular flexibility index (Phi) is 5.82. The molecule has 5 nitrogen and oxygen atoms in total. The van der Waals surface area contributed by atoms with Crippen molar-refractivity contribution >= 4 is 15.9 Å². The zero-order valence-electron chi connectivity index (χ0n) is 13.5. The Balaban J connectivity index is 2.06. The minimum atomic E-state index is -0.00995. The van der Waals surface area contributed by atoms with E-state index >= 15 is 0 Å². The van der Waals surface area contributed by atoms with E-state index in [1.54, 1.807) is 0 Å². The summed E-state index contributed by atoms with van der Waals surface area (Å²) in [5, 5.41) is 4.53. The third-order valence-electron chi connectivity index (χ3n) is 4.21. The molecule has 2 unspecified atom stereocenters. The molecule has 1 fully saturated rings. The molecule has 1 aliphatic heterocycles. The first-order valence-corrected chi connectivity index (χ1v) is 8.56. The molecule has 1 aliphatic rings. The van der Waals surface area contributed by atoms with Crippen LogP contribution < -0.4 is 5.73 Å². The van der Waals surface area contributed by atoms with E-state index < -0.39 is 0 Å². The summed E-state index contributed by atoms with van der Waals surface area (Å²) in [5.41, 5.74) is 8.63. The molecule has 0 aromatic carbocycles. The van der Waals surface area contributed by atoms with Gasteiger partial charge in [0.25, 0.3) is 0 Å². The molecule has 6 heteroatoms. The zero-order valence-corrected chi connectivity index (χ0v) is 15.1. The fourth-order valence-electron chi connectivity index (χ4n) is 2.84. The summed E-state index contributed by atoms with van der Waals surface area (Å²) in [4.78, 5) is 2.44. The van der Waals surface area contributed by atoms with Crippen molar-refractivity contribution in [1.82, 2.24) is 14.7 Å². The van der Waals surface area contributed by atoms with E-state index in [2.05, 4.69) is 46.7 Å². The lowest BCUT2D eigenvalue weighted by atomic mass is 10.0. The lowest BCUT2D eigenvalue weighted by Crippen LogP contribution is -2.53. The van der Waals surface area contributed by atoms with Crippen molar-refractivity contribution in [3.63, 3.8) is 0 Å². The van der Waals surface area contributed by atoms with E-state index in [4.69, 9.17) is 10.5 Å². The van der Waals surface area contributed by atoms with E-state index in [1.807, 2.05) is 11.6 Å². The quantitative estimate of drug-likeness (QED) is 0.873. The van der Waals surface area contributed by atoms with Crippen molar-refractivity contribution in [2.75, 3.05) is 19.7 Å². The highest BCUT2D eigenvalue weighted by atomic mass is 79.9. The molecule has 2 N–H and O–H groups in total. The predicted molar refractivity (Wildman–Crippen MR) is 88.5 cm³/mol. The Morgan fingerprint density at radius 1 is 1.48 bits per heavy atom. The predicted octanol–water partition coefficient (Wildman–Crippen LogP) is 1.95. The molecule has 21 heavy (non-hydrogen) atoms. The van der Waals surface area contributed by atoms with Crippen molar-refractivity contribution in [2.45, 2.75) is 58.8 Å². The highest BCUT2D eigenvalue weighted by molar-refractivity contribution is 9.10. The molecule has 2 heterocycles. The lowest BCUT2D eigenvalue weighted by molar-refractivity contribution is -0.0497. The number of aryl methyl sites for hydroxylation is 2. The summed E-state index contributed by atoms with van der Waals surface area (Å²) in [6, 6.07) is 0.531. The van der Waals surface area contributed by atoms with Crippen LogP contribution in [0.1, 0.15) is 32.2 Å². The molecule has 1 aromatic rings. The molecule has 0 bridgehead atoms. The Morgan fingerprint density at radius 3 is 2.81 bits per heavy atom. The fraction of sp³-hybridized carbons (Fsp3) is 0.800. The molecular formula is C15H27BrN4O. The van der Waals surface area contributed by atoms with E-state index in [9.17, 15) is 0 Å². The Bertz CT molecular complexity index is 474. The van der Waals surface area contributed by atoms with Gasteiger partial charge >= 0.3 is 0 Å². The van der Waals surface area contributed by atoms with Crippen molar-refractivity contribution in [3.05, 3.63) is 15.9 Å². The molecule has 0 saturated carbocycles. The van der Waals surface area contributed by atoms with Crippen LogP contribution in [0.5, 0.6) is 0 Å². The second kappa shape index (κ2) is 7.22. The van der Waals surface area contributed by atoms with Crippen molar-refractivity contribution in [3.8, 4) is 0 Å². The average molecular weight is 359 g/mol. The molecule has 2 rings (SSSR count). The Morgan fingerprint density at radius 2 is 2.19 bits per heavy atom. The maximum Gasteiger partial charge on any atom is 0.0857 e. The topological polar surface area (TPSA) is 56.3 Å². The van der Waals surface area contributed by atoms with Crippen molar-refractivity contribution in [2.24, 2.45) is 5.73 Å². The zero-order chi connectivity index (χ0) is 15.6. The van der Waals surface area contributed by atoms with Crippen LogP contribution in [0.3, 0.4) is 0 Å². The maximum absolute atomic E-state index is 6.43. The van der Waals surface area contributed by atoms with Crippen molar-refractivity contribution in [1.29, 1.82) is 0 Å². The normalized spacial score (nSPS) is 22.0. The van der Waals surface area contributed by atoms with Gasteiger partial charge in [0, 0.05) is 38.1 Å². The summed E-state index contributed by atoms with van der Waals surface area (Å²) >= 11 is 3.64. The van der Waals surface area contributed by atoms with Crippen LogP contribution >= 0.6 is 15.9 Å². The van der Waals surface area contributed by atoms with Crippen LogP contribution in [0.25, 0.3) is 0 Å². The SMILES string of the molecule is CCn1nc(C)c(Br)c1CC(N)C1CN(C(C)C)CCO1. The smallest absolute Gasteiger partial charge is 0.0857 e. The largest absolute Gasteiger partial charge is 0.374 e. The van der Waals surface area contributed by atoms with E-state index in [0.29, 0.717) is 6.04 Å². The number of rotatable bonds is 5. The highest BCUT2D eigenvalue weighted by Crippen LogP contribution is 2.23. The van der Waals surface area contributed by atoms with E-state index in [-0.39, 0.29) is 12.1 Å². The third kappa shape index (κ3) is 3.86. The van der Waals surface area contributed by atoms with Crippen LogP contribution in [-0.4, -0.2) is 52.6 Å². The average Bonchev–Trinajstić information content (AvgIpc) is 2.75. The van der Waals surface area contributed by atoms with E-state index in [1.165, 1.54) is 5.69 Å². The first-order chi connectivity index (χ1) is 9.93. The highest BCUT2D eigenvalue weighted by Gasteiger charge is 2.28. The third-order valence-corrected chi connectivity index (χ3v) is 5.25. The molecule has 120 valence electrons. The van der Waals surface area contributed by atoms with Gasteiger partial charge in [0.05, 0.1) is 28.6 Å². The van der Waals surface area contributed by atoms with Crippen LogP contribution in [0, 0.1) is 6.92 Å². The number of halogens is 1. The van der Waals surface area contributed by atoms with Gasteiger partial charge in [-0.1, -0.05) is 0 Å². The van der Waals surface area contributed by atoms with Crippen LogP contribution in [0.2, 0.25) is 0 Å². The van der Waals surface area contributed by atoms with Crippen molar-refractivity contribution < 1.29 is 4.74 Å². The summed E-state index contributed by atoms with van der Waals surface area (Å²) in [6.07, 6.45) is 0.875. The number of nitrogens with two attached hydrogens (primary N) is 1. The minimum absolute atomic E-state index is 0.00995. The standard InChI is InChI=1S/C15H27BrN4O/c1-5-20-13(15(16)11(4)18-20)8-12(17)14-9-19(10(2)3)6-7-21-14/h10,12,14H,5-9,17H2,1-4H3. The molecule has 0 amide bonds. The summed E-state index contributed by atoms with van der Waals surface area (Å²) in [6.45, 7) is 12.1. The van der Waals surface area contributed by atoms with Crippen LogP contribution in [0.15, 0.2) is 4.47 Å². The van der Waals surface area contributed by atoms with Gasteiger partial charge in [0.2, 0.25) is 0 Å². The monoisotopic (exact) mass is 358 g/mol. The summed E-state index contributed by atoms with van der Waals surface area (Å²) in [5.74, 6) is 0. The fourth-order valence-corrected chi connectivity index (χ4v) is 3.29. The van der Waals surface area contributed by atoms with E-state index in [0.717, 1.165) is 42.8 Å². The molecular weight excluding hydrogens is 332 g/mol. The Labute approximate surface area is 135 Å². The van der Waals surface area contributed by atoms with Gasteiger partial charge in [0.15, 0.2) is 0 Å². The Hall–Kier alpha value is -0.430. The van der Waals surface area contributed by atoms with Crippen LogP contribution in [0.4, 0.5) is 0 Å². The van der Waals surface area contributed by atoms with Gasteiger partial charge in [-0.2, -0.15) is 5.10 Å². The number of aromatic nitrogens is 2. The van der Waals surface area contributed by atoms with Gasteiger partial charge in [-0.05, 0) is 43.6 Å². The molecule has 1 aromatic heterocycles. The molecule has 0 spiro atoms. The van der Waals surface area contributed by atoms with Gasteiger partial charge < -0.3 is 10.5 Å². The molecule has 0 radical (unpaired) electrons. The lowest BCUT2D eigenvalue weighted by Gasteiger charge is -2.38. The minimum Gasteiger partial charge on any atom is -0.374 e. The molecule has 2 atom stereocenters. The summed E-state index contributed by atoms with van der Waals surface area (Å²) in [7, 11) is 0. The second-order valence-corrected chi connectivity index (χ2v) is 6.82. The number of nitrogens with zero attached hydrogens (tertiary/aromatic N) is 3. The second-order valence-electron chi connectivity index (χ2n) is 6.03. The maximum atomic E-state index is 6.43. The first-order valence-electron chi connectivity index (χ1n) is 7.77. The van der Waals surface area contributed by atoms with Gasteiger partial charge in [0.1, 0.15) is 0 Å². The van der Waals surface area contributed by atoms with Crippen LogP contribution in [-0.2, 0) is 17.7 Å². The number of ether oxygens (including phenoxy) is 1. The number of hydrogen-bond donors (Lipinski definition) is 1.